The summed E-state index contributed by atoms with van der Waals surface area (Å²) < 4.78 is 0. The van der Waals surface area contributed by atoms with Gasteiger partial charge in [0.05, 0.1) is 11.5 Å². The molecule has 0 spiro atoms. The number of unbranched alkanes of at least 4 members (excludes halogenated alkanes) is 2. The lowest BCUT2D eigenvalue weighted by Crippen LogP contribution is -2.11. The SMILES string of the molecule is CCCCC(CC)CC(=O)CSCc1cc(C2CCCCC2)cc(CSCC(=O)CC(CC)CCCC)c1O. The molecule has 0 amide bonds. The van der Waals surface area contributed by atoms with Gasteiger partial charge in [0.15, 0.2) is 0 Å². The summed E-state index contributed by atoms with van der Waals surface area (Å²) in [6.45, 7) is 8.80. The van der Waals surface area contributed by atoms with Crippen LogP contribution < -0.4 is 0 Å². The minimum Gasteiger partial charge on any atom is -0.507 e. The summed E-state index contributed by atoms with van der Waals surface area (Å²) in [7, 11) is 0. The number of ketones is 2. The lowest BCUT2D eigenvalue weighted by molar-refractivity contribution is -0.118. The fourth-order valence-corrected chi connectivity index (χ4v) is 7.65. The molecule has 5 heteroatoms. The zero-order chi connectivity index (χ0) is 28.5. The number of Topliss-reactive ketones (excluding diaryl/α,β-unsaturated/α-hetero) is 2. The van der Waals surface area contributed by atoms with Crippen LogP contribution in [-0.2, 0) is 21.1 Å². The largest absolute Gasteiger partial charge is 0.507 e. The third-order valence-electron chi connectivity index (χ3n) is 8.53. The van der Waals surface area contributed by atoms with E-state index < -0.39 is 0 Å². The van der Waals surface area contributed by atoms with Crippen LogP contribution in [0.1, 0.15) is 147 Å². The molecule has 0 saturated heterocycles. The van der Waals surface area contributed by atoms with Crippen molar-refractivity contribution in [2.24, 2.45) is 11.8 Å². The molecule has 1 aliphatic rings. The Hall–Kier alpha value is -0.940. The molecule has 0 heterocycles. The Labute approximate surface area is 248 Å². The van der Waals surface area contributed by atoms with Crippen molar-refractivity contribution in [1.82, 2.24) is 0 Å². The van der Waals surface area contributed by atoms with E-state index in [0.717, 1.165) is 36.8 Å². The number of benzene rings is 1. The molecule has 2 atom stereocenters. The molecule has 0 bridgehead atoms. The molecule has 39 heavy (non-hydrogen) atoms. The van der Waals surface area contributed by atoms with Gasteiger partial charge in [-0.25, -0.2) is 0 Å². The van der Waals surface area contributed by atoms with Gasteiger partial charge in [0.1, 0.15) is 17.3 Å². The number of phenols is 1. The first-order chi connectivity index (χ1) is 18.9. The predicted octanol–water partition coefficient (Wildman–Crippen LogP) is 10.3. The molecular weight excluding hydrogens is 521 g/mol. The summed E-state index contributed by atoms with van der Waals surface area (Å²) in [6.07, 6.45) is 16.9. The van der Waals surface area contributed by atoms with E-state index in [1.807, 2.05) is 0 Å². The van der Waals surface area contributed by atoms with Gasteiger partial charge in [0.2, 0.25) is 0 Å². The maximum Gasteiger partial charge on any atom is 0.143 e. The van der Waals surface area contributed by atoms with E-state index >= 15 is 0 Å². The highest BCUT2D eigenvalue weighted by atomic mass is 32.2. The highest BCUT2D eigenvalue weighted by Gasteiger charge is 2.20. The van der Waals surface area contributed by atoms with Crippen LogP contribution in [-0.4, -0.2) is 28.2 Å². The van der Waals surface area contributed by atoms with Gasteiger partial charge in [-0.3, -0.25) is 9.59 Å². The molecule has 1 N–H and O–H groups in total. The van der Waals surface area contributed by atoms with Crippen LogP contribution in [0.15, 0.2) is 12.1 Å². The summed E-state index contributed by atoms with van der Waals surface area (Å²) in [5.74, 6) is 4.98. The van der Waals surface area contributed by atoms with E-state index in [-0.39, 0.29) is 0 Å². The van der Waals surface area contributed by atoms with Crippen molar-refractivity contribution in [2.75, 3.05) is 11.5 Å². The van der Waals surface area contributed by atoms with Crippen molar-refractivity contribution in [2.45, 2.75) is 141 Å². The number of hydrogen-bond donors (Lipinski definition) is 1. The second-order valence-electron chi connectivity index (χ2n) is 11.8. The maximum absolute atomic E-state index is 12.7. The van der Waals surface area contributed by atoms with Gasteiger partial charge < -0.3 is 5.11 Å². The third-order valence-corrected chi connectivity index (χ3v) is 10.6. The molecule has 0 radical (unpaired) electrons. The zero-order valence-corrected chi connectivity index (χ0v) is 27.0. The van der Waals surface area contributed by atoms with Crippen LogP contribution in [0.2, 0.25) is 0 Å². The molecular formula is C34H56O3S2. The van der Waals surface area contributed by atoms with Crippen molar-refractivity contribution < 1.29 is 14.7 Å². The minimum absolute atomic E-state index is 0.337. The topological polar surface area (TPSA) is 54.4 Å². The molecule has 1 saturated carbocycles. The average Bonchev–Trinajstić information content (AvgIpc) is 2.95. The fourth-order valence-electron chi connectivity index (χ4n) is 5.88. The smallest absolute Gasteiger partial charge is 0.143 e. The van der Waals surface area contributed by atoms with Gasteiger partial charge in [-0.05, 0) is 36.2 Å². The first kappa shape index (κ1) is 34.3. The van der Waals surface area contributed by atoms with Crippen LogP contribution in [0.5, 0.6) is 5.75 Å². The number of carbonyl (C=O) groups is 2. The van der Waals surface area contributed by atoms with Gasteiger partial charge in [0, 0.05) is 35.5 Å². The number of thioether (sulfide) groups is 2. The first-order valence-electron chi connectivity index (χ1n) is 15.9. The Bertz CT molecular complexity index is 790. The van der Waals surface area contributed by atoms with Crippen molar-refractivity contribution >= 4 is 35.1 Å². The fraction of sp³-hybridized carbons (Fsp3) is 0.765. The predicted molar refractivity (Wildman–Crippen MR) is 172 cm³/mol. The van der Waals surface area contributed by atoms with Crippen LogP contribution in [0.4, 0.5) is 0 Å². The Kier molecular flexibility index (Phi) is 17.6. The monoisotopic (exact) mass is 576 g/mol. The van der Waals surface area contributed by atoms with E-state index in [2.05, 4.69) is 39.8 Å². The number of carbonyl (C=O) groups excluding carboxylic acids is 2. The van der Waals surface area contributed by atoms with Crippen molar-refractivity contribution in [3.63, 3.8) is 0 Å². The van der Waals surface area contributed by atoms with Crippen LogP contribution in [0.3, 0.4) is 0 Å². The summed E-state index contributed by atoms with van der Waals surface area (Å²) in [6, 6.07) is 4.41. The van der Waals surface area contributed by atoms with Crippen molar-refractivity contribution in [3.8, 4) is 5.75 Å². The number of rotatable bonds is 21. The molecule has 0 aromatic heterocycles. The summed E-state index contributed by atoms with van der Waals surface area (Å²) in [5.41, 5.74) is 3.26. The van der Waals surface area contributed by atoms with E-state index in [9.17, 15) is 14.7 Å². The standard InChI is InChI=1S/C34H56O3S2/c1-5-9-14-26(7-3)18-32(35)24-38-22-30-20-29(28-16-12-11-13-17-28)21-31(34(30)37)23-39-25-33(36)19-27(8-4)15-10-6-2/h20-21,26-28,37H,5-19,22-25H2,1-4H3. The van der Waals surface area contributed by atoms with Gasteiger partial charge >= 0.3 is 0 Å². The molecule has 1 fully saturated rings. The van der Waals surface area contributed by atoms with E-state index in [1.54, 1.807) is 23.5 Å². The molecule has 0 aliphatic heterocycles. The van der Waals surface area contributed by atoms with Gasteiger partial charge in [-0.1, -0.05) is 110 Å². The highest BCUT2D eigenvalue weighted by molar-refractivity contribution is 7.99. The lowest BCUT2D eigenvalue weighted by Gasteiger charge is -2.24. The highest BCUT2D eigenvalue weighted by Crippen LogP contribution is 2.38. The number of phenolic OH excluding ortho intramolecular Hbond substituents is 1. The number of aromatic hydroxyl groups is 1. The summed E-state index contributed by atoms with van der Waals surface area (Å²) in [4.78, 5) is 25.3. The molecule has 1 aromatic rings. The summed E-state index contributed by atoms with van der Waals surface area (Å²) >= 11 is 3.29. The quantitative estimate of drug-likeness (QED) is 0.158. The summed E-state index contributed by atoms with van der Waals surface area (Å²) in [5, 5.41) is 11.2. The molecule has 1 aliphatic carbocycles. The molecule has 3 nitrogen and oxygen atoms in total. The second-order valence-corrected chi connectivity index (χ2v) is 13.8. The third kappa shape index (κ3) is 13.1. The van der Waals surface area contributed by atoms with Gasteiger partial charge in [-0.15, -0.1) is 23.5 Å². The number of hydrogen-bond acceptors (Lipinski definition) is 5. The average molecular weight is 577 g/mol. The Morgan fingerprint density at radius 2 is 1.26 bits per heavy atom. The van der Waals surface area contributed by atoms with Crippen molar-refractivity contribution in [3.05, 3.63) is 28.8 Å². The Morgan fingerprint density at radius 3 is 1.67 bits per heavy atom. The normalized spacial score (nSPS) is 15.8. The van der Waals surface area contributed by atoms with Gasteiger partial charge in [-0.2, -0.15) is 0 Å². The molecule has 222 valence electrons. The van der Waals surface area contributed by atoms with E-state index in [4.69, 9.17) is 0 Å². The first-order valence-corrected chi connectivity index (χ1v) is 18.3. The van der Waals surface area contributed by atoms with Crippen molar-refractivity contribution in [1.29, 1.82) is 0 Å². The van der Waals surface area contributed by atoms with E-state index in [0.29, 0.717) is 70.9 Å². The molecule has 1 aromatic carbocycles. The van der Waals surface area contributed by atoms with Gasteiger partial charge in [0.25, 0.3) is 0 Å². The Balaban J connectivity index is 2.00. The molecule has 2 rings (SSSR count). The van der Waals surface area contributed by atoms with Crippen LogP contribution in [0, 0.1) is 11.8 Å². The lowest BCUT2D eigenvalue weighted by atomic mass is 9.83. The second kappa shape index (κ2) is 20.0. The Morgan fingerprint density at radius 1 is 0.795 bits per heavy atom. The maximum atomic E-state index is 12.7. The molecule has 2 unspecified atom stereocenters. The zero-order valence-electron chi connectivity index (χ0n) is 25.4. The van der Waals surface area contributed by atoms with Crippen LogP contribution in [0.25, 0.3) is 0 Å². The van der Waals surface area contributed by atoms with Crippen LogP contribution >= 0.6 is 23.5 Å². The minimum atomic E-state index is 0.337. The van der Waals surface area contributed by atoms with E-state index in [1.165, 1.54) is 63.4 Å².